The zero-order valence-corrected chi connectivity index (χ0v) is 23.7. The van der Waals surface area contributed by atoms with E-state index < -0.39 is 26.9 Å². The van der Waals surface area contributed by atoms with Crippen LogP contribution in [0, 0.1) is 18.6 Å². The number of piperidine rings is 1. The first kappa shape index (κ1) is 28.5. The van der Waals surface area contributed by atoms with Crippen molar-refractivity contribution in [3.05, 3.63) is 64.6 Å². The fraction of sp³-hybridized carbons (Fsp3) is 0.407. The first-order valence-electron chi connectivity index (χ1n) is 13.0. The molecule has 214 valence electrons. The predicted molar refractivity (Wildman–Crippen MR) is 148 cm³/mol. The molecule has 0 aliphatic carbocycles. The van der Waals surface area contributed by atoms with Gasteiger partial charge in [-0.3, -0.25) is 9.36 Å². The number of aromatic nitrogens is 2. The van der Waals surface area contributed by atoms with Gasteiger partial charge in [0, 0.05) is 37.4 Å². The first-order valence-corrected chi connectivity index (χ1v) is 14.9. The Labute approximate surface area is 236 Å². The number of sulfonamides is 1. The molecule has 13 heteroatoms. The van der Waals surface area contributed by atoms with Crippen LogP contribution in [0.4, 0.5) is 8.78 Å². The van der Waals surface area contributed by atoms with Gasteiger partial charge < -0.3 is 15.0 Å². The van der Waals surface area contributed by atoms with Crippen molar-refractivity contribution < 1.29 is 26.7 Å². The summed E-state index contributed by atoms with van der Waals surface area (Å²) in [6.45, 7) is 4.06. The lowest BCUT2D eigenvalue weighted by atomic mass is 10.1. The van der Waals surface area contributed by atoms with E-state index in [2.05, 4.69) is 10.3 Å². The number of benzene rings is 2. The molecular weight excluding hydrogens is 564 g/mol. The Morgan fingerprint density at radius 1 is 1.07 bits per heavy atom. The van der Waals surface area contributed by atoms with Gasteiger partial charge in [-0.1, -0.05) is 11.6 Å². The smallest absolute Gasteiger partial charge is 0.255 e. The van der Waals surface area contributed by atoms with Crippen LogP contribution in [0.25, 0.3) is 16.9 Å². The summed E-state index contributed by atoms with van der Waals surface area (Å²) in [4.78, 5) is 19.2. The molecule has 1 amide bonds. The van der Waals surface area contributed by atoms with Crippen LogP contribution in [0.3, 0.4) is 0 Å². The first-order chi connectivity index (χ1) is 19.1. The number of carbonyl (C=O) groups excluding carboxylic acids is 1. The van der Waals surface area contributed by atoms with Gasteiger partial charge in [-0.2, -0.15) is 8.70 Å². The summed E-state index contributed by atoms with van der Waals surface area (Å²) in [5, 5.41) is 2.96. The normalized spacial score (nSPS) is 17.3. The third kappa shape index (κ3) is 5.20. The molecule has 3 aromatic rings. The molecule has 9 nitrogen and oxygen atoms in total. The maximum absolute atomic E-state index is 14.9. The van der Waals surface area contributed by atoms with Gasteiger partial charge in [0.05, 0.1) is 34.8 Å². The minimum Gasteiger partial charge on any atom is -0.494 e. The van der Waals surface area contributed by atoms with Crippen LogP contribution in [0.1, 0.15) is 29.0 Å². The number of ether oxygens (including phenoxy) is 1. The van der Waals surface area contributed by atoms with Crippen molar-refractivity contribution in [1.29, 1.82) is 0 Å². The summed E-state index contributed by atoms with van der Waals surface area (Å²) in [5.41, 5.74) is 1.08. The number of imidazole rings is 1. The van der Waals surface area contributed by atoms with Crippen LogP contribution in [-0.4, -0.2) is 84.7 Å². The molecule has 0 radical (unpaired) electrons. The quantitative estimate of drug-likeness (QED) is 0.469. The molecule has 2 fully saturated rings. The van der Waals surface area contributed by atoms with Gasteiger partial charge >= 0.3 is 0 Å². The topological polar surface area (TPSA) is 96.8 Å². The number of hydrogen-bond donors (Lipinski definition) is 1. The second-order valence-electron chi connectivity index (χ2n) is 9.82. The maximum atomic E-state index is 14.9. The Balaban J connectivity index is 1.34. The monoisotopic (exact) mass is 593 g/mol. The van der Waals surface area contributed by atoms with Crippen molar-refractivity contribution >= 4 is 27.5 Å². The van der Waals surface area contributed by atoms with Gasteiger partial charge in [-0.15, -0.1) is 0 Å². The average Bonchev–Trinajstić information content (AvgIpc) is 3.35. The molecular formula is C27H30ClF2N5O4S. The van der Waals surface area contributed by atoms with Crippen molar-refractivity contribution in [2.45, 2.75) is 25.0 Å². The summed E-state index contributed by atoms with van der Waals surface area (Å²) >= 11 is 6.57. The number of rotatable bonds is 6. The van der Waals surface area contributed by atoms with Gasteiger partial charge in [-0.05, 0) is 63.2 Å². The van der Waals surface area contributed by atoms with Crippen molar-refractivity contribution in [2.24, 2.45) is 0 Å². The van der Waals surface area contributed by atoms with Crippen molar-refractivity contribution in [2.75, 3.05) is 46.4 Å². The lowest BCUT2D eigenvalue weighted by molar-refractivity contribution is 0.0697. The lowest BCUT2D eigenvalue weighted by Gasteiger charge is -2.36. The molecule has 1 aromatic heterocycles. The molecule has 0 saturated carbocycles. The van der Waals surface area contributed by atoms with Gasteiger partial charge in [-0.25, -0.2) is 17.8 Å². The number of hydrogen-bond acceptors (Lipinski definition) is 6. The van der Waals surface area contributed by atoms with E-state index in [1.807, 2.05) is 0 Å². The van der Waals surface area contributed by atoms with Crippen molar-refractivity contribution in [3.63, 3.8) is 0 Å². The van der Waals surface area contributed by atoms with Crippen molar-refractivity contribution in [3.8, 4) is 22.7 Å². The van der Waals surface area contributed by atoms with E-state index >= 15 is 0 Å². The summed E-state index contributed by atoms with van der Waals surface area (Å²) in [6, 6.07) is 7.56. The molecule has 0 unspecified atom stereocenters. The largest absolute Gasteiger partial charge is 0.494 e. The minimum atomic E-state index is -3.42. The van der Waals surface area contributed by atoms with E-state index in [0.717, 1.165) is 0 Å². The number of nitrogens with zero attached hydrogens (tertiary/aromatic N) is 4. The van der Waals surface area contributed by atoms with Gasteiger partial charge in [0.1, 0.15) is 5.82 Å². The SMILES string of the molecule is COc1ccc(-c2cnc(C)n2-c2ccc(C(=O)N3CCN(S(=O)(=O)C4CCNCC4)CC3)c(Cl)c2)c(F)c1F. The Morgan fingerprint density at radius 3 is 2.42 bits per heavy atom. The van der Waals surface area contributed by atoms with E-state index in [9.17, 15) is 22.0 Å². The molecule has 40 heavy (non-hydrogen) atoms. The average molecular weight is 594 g/mol. The number of piperazine rings is 1. The number of aryl methyl sites for hydroxylation is 1. The molecule has 1 N–H and O–H groups in total. The number of nitrogens with one attached hydrogen (secondary N) is 1. The Morgan fingerprint density at radius 2 is 1.77 bits per heavy atom. The van der Waals surface area contributed by atoms with Crippen molar-refractivity contribution in [1.82, 2.24) is 24.1 Å². The molecule has 3 heterocycles. The fourth-order valence-corrected chi connectivity index (χ4v) is 7.47. The third-order valence-corrected chi connectivity index (χ3v) is 10.2. The zero-order valence-electron chi connectivity index (χ0n) is 22.2. The summed E-state index contributed by atoms with van der Waals surface area (Å²) in [5.74, 6) is -2.18. The molecule has 5 rings (SSSR count). The van der Waals surface area contributed by atoms with E-state index in [4.69, 9.17) is 16.3 Å². The highest BCUT2D eigenvalue weighted by molar-refractivity contribution is 7.89. The number of halogens is 3. The standard InChI is InChI=1S/C27H30ClF2N5O4S/c1-17-32-16-23(21-5-6-24(39-2)26(30)25(21)29)35(17)18-3-4-20(22(28)15-18)27(36)33-11-13-34(14-12-33)40(37,38)19-7-9-31-10-8-19/h3-6,15-16,19,31H,7-14H2,1-2H3. The van der Waals surface area contributed by atoms with Crippen LogP contribution >= 0.6 is 11.6 Å². The summed E-state index contributed by atoms with van der Waals surface area (Å²) in [7, 11) is -2.16. The number of methoxy groups -OCH3 is 1. The van der Waals surface area contributed by atoms with Crippen LogP contribution in [0.5, 0.6) is 5.75 Å². The van der Waals surface area contributed by atoms with E-state index in [-0.39, 0.29) is 54.0 Å². The van der Waals surface area contributed by atoms with E-state index in [0.29, 0.717) is 43.1 Å². The molecule has 2 saturated heterocycles. The highest BCUT2D eigenvalue weighted by Crippen LogP contribution is 2.33. The molecule has 2 aliphatic rings. The third-order valence-electron chi connectivity index (χ3n) is 7.52. The Kier molecular flexibility index (Phi) is 8.14. The van der Waals surface area contributed by atoms with E-state index in [1.165, 1.54) is 29.7 Å². The number of amides is 1. The van der Waals surface area contributed by atoms with Crippen LogP contribution in [-0.2, 0) is 10.0 Å². The Bertz CT molecular complexity index is 1530. The van der Waals surface area contributed by atoms with Crippen LogP contribution < -0.4 is 10.1 Å². The van der Waals surface area contributed by atoms with Gasteiger partial charge in [0.15, 0.2) is 11.6 Å². The van der Waals surface area contributed by atoms with E-state index in [1.54, 1.807) is 34.6 Å². The summed E-state index contributed by atoms with van der Waals surface area (Å²) in [6.07, 6.45) is 2.60. The molecule has 0 atom stereocenters. The second kappa shape index (κ2) is 11.4. The fourth-order valence-electron chi connectivity index (χ4n) is 5.28. The minimum absolute atomic E-state index is 0.00696. The van der Waals surface area contributed by atoms with Crippen LogP contribution in [0.15, 0.2) is 36.5 Å². The highest BCUT2D eigenvalue weighted by Gasteiger charge is 2.36. The predicted octanol–water partition coefficient (Wildman–Crippen LogP) is 3.63. The zero-order chi connectivity index (χ0) is 28.6. The molecule has 2 aromatic carbocycles. The molecule has 0 bridgehead atoms. The Hall–Kier alpha value is -3.06. The second-order valence-corrected chi connectivity index (χ2v) is 12.4. The highest BCUT2D eigenvalue weighted by atomic mass is 35.5. The molecule has 2 aliphatic heterocycles. The maximum Gasteiger partial charge on any atom is 0.255 e. The van der Waals surface area contributed by atoms with Crippen LogP contribution in [0.2, 0.25) is 5.02 Å². The van der Waals surface area contributed by atoms with Gasteiger partial charge in [0.2, 0.25) is 15.8 Å². The lowest BCUT2D eigenvalue weighted by Crippen LogP contribution is -2.53. The molecule has 0 spiro atoms. The summed E-state index contributed by atoms with van der Waals surface area (Å²) < 4.78 is 63.4. The number of carbonyl (C=O) groups is 1. The van der Waals surface area contributed by atoms with Gasteiger partial charge in [0.25, 0.3) is 5.91 Å².